The molecule has 2 aromatic rings. The van der Waals surface area contributed by atoms with Gasteiger partial charge in [-0.05, 0) is 36.6 Å². The molecule has 0 bridgehead atoms. The fourth-order valence-corrected chi connectivity index (χ4v) is 5.48. The minimum absolute atomic E-state index is 0.157. The molecule has 2 heterocycles. The fourth-order valence-electron chi connectivity index (χ4n) is 4.58. The van der Waals surface area contributed by atoms with E-state index in [0.717, 1.165) is 54.7 Å². The maximum absolute atomic E-state index is 13.2. The Labute approximate surface area is 207 Å². The lowest BCUT2D eigenvalue weighted by atomic mass is 9.93. The summed E-state index contributed by atoms with van der Waals surface area (Å²) in [7, 11) is -0.618. The van der Waals surface area contributed by atoms with Crippen molar-refractivity contribution in [3.8, 4) is 0 Å². The third-order valence-corrected chi connectivity index (χ3v) is 8.45. The number of aliphatic hydroxyl groups is 1. The van der Waals surface area contributed by atoms with Crippen LogP contribution >= 0.6 is 0 Å². The Morgan fingerprint density at radius 2 is 1.63 bits per heavy atom. The van der Waals surface area contributed by atoms with Gasteiger partial charge >= 0.3 is 0 Å². The number of morpholine rings is 1. The summed E-state index contributed by atoms with van der Waals surface area (Å²) in [5.41, 5.74) is 3.12. The van der Waals surface area contributed by atoms with Gasteiger partial charge in [-0.2, -0.15) is 0 Å². The Hall–Kier alpha value is -2.72. The molecule has 0 radical (unpaired) electrons. The molecule has 0 unspecified atom stereocenters. The van der Waals surface area contributed by atoms with E-state index in [4.69, 9.17) is 4.74 Å². The van der Waals surface area contributed by atoms with Crippen LogP contribution in [0.2, 0.25) is 0 Å². The number of hydrogen-bond donors (Lipinski definition) is 1. The Morgan fingerprint density at radius 1 is 1.00 bits per heavy atom. The first-order valence-corrected chi connectivity index (χ1v) is 13.3. The molecule has 0 aliphatic carbocycles. The van der Waals surface area contributed by atoms with Gasteiger partial charge in [-0.1, -0.05) is 42.0 Å². The van der Waals surface area contributed by atoms with Gasteiger partial charge in [0.25, 0.3) is 5.91 Å². The summed E-state index contributed by atoms with van der Waals surface area (Å²) >= 11 is 0. The van der Waals surface area contributed by atoms with Crippen LogP contribution in [0.25, 0.3) is 5.57 Å². The summed E-state index contributed by atoms with van der Waals surface area (Å²) in [4.78, 5) is 17.4. The Bertz CT molecular complexity index is 1180. The van der Waals surface area contributed by atoms with Crippen LogP contribution in [0, 0.1) is 6.92 Å². The Morgan fingerprint density at radius 3 is 2.23 bits per heavy atom. The number of carbonyl (C=O) groups excluding carboxylic acids is 1. The molecule has 2 aliphatic rings. The largest absolute Gasteiger partial charge is 0.503 e. The first-order valence-electron chi connectivity index (χ1n) is 11.8. The van der Waals surface area contributed by atoms with Gasteiger partial charge in [-0.3, -0.25) is 9.69 Å². The summed E-state index contributed by atoms with van der Waals surface area (Å²) in [6.07, 6.45) is 0.772. The van der Waals surface area contributed by atoms with Gasteiger partial charge in [0.05, 0.1) is 24.2 Å². The van der Waals surface area contributed by atoms with Crippen molar-refractivity contribution < 1.29 is 23.1 Å². The molecule has 1 fully saturated rings. The summed E-state index contributed by atoms with van der Waals surface area (Å²) in [5.74, 6) is -0.692. The van der Waals surface area contributed by atoms with E-state index in [2.05, 4.69) is 4.90 Å². The minimum Gasteiger partial charge on any atom is -0.503 e. The van der Waals surface area contributed by atoms with Gasteiger partial charge in [0.15, 0.2) is 5.76 Å². The topological polar surface area (TPSA) is 90.4 Å². The first-order chi connectivity index (χ1) is 16.7. The van der Waals surface area contributed by atoms with E-state index in [0.29, 0.717) is 17.7 Å². The van der Waals surface area contributed by atoms with Crippen LogP contribution in [0.5, 0.6) is 0 Å². The molecule has 188 valence electrons. The third kappa shape index (κ3) is 5.28. The molecule has 9 heteroatoms. The second-order valence-electron chi connectivity index (χ2n) is 9.19. The molecular weight excluding hydrogens is 466 g/mol. The number of nitrogens with zero attached hydrogens (tertiary/aromatic N) is 3. The summed E-state index contributed by atoms with van der Waals surface area (Å²) in [6.45, 7) is 6.55. The highest BCUT2D eigenvalue weighted by molar-refractivity contribution is 7.89. The van der Waals surface area contributed by atoms with Gasteiger partial charge in [0.1, 0.15) is 0 Å². The third-order valence-electron chi connectivity index (χ3n) is 6.62. The Balaban J connectivity index is 1.64. The van der Waals surface area contributed by atoms with Crippen LogP contribution in [-0.4, -0.2) is 87.0 Å². The van der Waals surface area contributed by atoms with Crippen molar-refractivity contribution in [1.29, 1.82) is 0 Å². The van der Waals surface area contributed by atoms with E-state index in [1.165, 1.54) is 26.2 Å². The highest BCUT2D eigenvalue weighted by atomic mass is 32.2. The predicted molar refractivity (Wildman–Crippen MR) is 134 cm³/mol. The number of carbonyl (C=O) groups is 1. The van der Waals surface area contributed by atoms with Crippen LogP contribution in [0.1, 0.15) is 29.2 Å². The number of benzene rings is 2. The molecule has 2 aromatic carbocycles. The molecular formula is C26H33N3O5S. The molecule has 0 aromatic heterocycles. The monoisotopic (exact) mass is 499 g/mol. The highest BCUT2D eigenvalue weighted by Gasteiger charge is 2.40. The number of aliphatic hydroxyl groups excluding tert-OH is 1. The van der Waals surface area contributed by atoms with Crippen molar-refractivity contribution in [3.05, 3.63) is 71.0 Å². The van der Waals surface area contributed by atoms with E-state index in [9.17, 15) is 18.3 Å². The van der Waals surface area contributed by atoms with E-state index in [1.54, 1.807) is 17.0 Å². The molecule has 1 saturated heterocycles. The number of rotatable bonds is 8. The van der Waals surface area contributed by atoms with E-state index < -0.39 is 22.0 Å². The number of hydrogen-bond acceptors (Lipinski definition) is 6. The number of sulfonamides is 1. The number of aryl methyl sites for hydroxylation is 1. The van der Waals surface area contributed by atoms with Crippen LogP contribution in [0.15, 0.2) is 59.2 Å². The van der Waals surface area contributed by atoms with Gasteiger partial charge in [0, 0.05) is 45.8 Å². The molecule has 1 N–H and O–H groups in total. The molecule has 2 aliphatic heterocycles. The summed E-state index contributed by atoms with van der Waals surface area (Å²) in [6, 6.07) is 13.8. The molecule has 4 rings (SSSR count). The zero-order chi connectivity index (χ0) is 25.2. The quantitative estimate of drug-likeness (QED) is 0.601. The SMILES string of the molecule is Cc1ccc([C@H]2C(c3ccc(S(=O)(=O)N(C)C)cc3)=C(O)C(=O)N2CCCN2CCOCC2)cc1. The van der Waals surface area contributed by atoms with Crippen LogP contribution in [-0.2, 0) is 19.6 Å². The smallest absolute Gasteiger partial charge is 0.289 e. The van der Waals surface area contributed by atoms with Crippen molar-refractivity contribution in [2.75, 3.05) is 53.5 Å². The lowest BCUT2D eigenvalue weighted by molar-refractivity contribution is -0.129. The van der Waals surface area contributed by atoms with Gasteiger partial charge in [0.2, 0.25) is 10.0 Å². The highest BCUT2D eigenvalue weighted by Crippen LogP contribution is 2.43. The van der Waals surface area contributed by atoms with Crippen molar-refractivity contribution in [3.63, 3.8) is 0 Å². The van der Waals surface area contributed by atoms with Gasteiger partial charge in [-0.15, -0.1) is 0 Å². The van der Waals surface area contributed by atoms with E-state index >= 15 is 0 Å². The molecule has 0 saturated carbocycles. The lowest BCUT2D eigenvalue weighted by Gasteiger charge is -2.30. The predicted octanol–water partition coefficient (Wildman–Crippen LogP) is 2.82. The maximum Gasteiger partial charge on any atom is 0.289 e. The summed E-state index contributed by atoms with van der Waals surface area (Å²) in [5, 5.41) is 11.0. The minimum atomic E-state index is -3.58. The van der Waals surface area contributed by atoms with Crippen LogP contribution in [0.3, 0.4) is 0 Å². The zero-order valence-corrected chi connectivity index (χ0v) is 21.3. The van der Waals surface area contributed by atoms with Crippen molar-refractivity contribution >= 4 is 21.5 Å². The van der Waals surface area contributed by atoms with Gasteiger partial charge < -0.3 is 14.7 Å². The second kappa shape index (κ2) is 10.5. The molecule has 1 atom stereocenters. The zero-order valence-electron chi connectivity index (χ0n) is 20.5. The maximum atomic E-state index is 13.2. The molecule has 0 spiro atoms. The van der Waals surface area contributed by atoms with Crippen LogP contribution < -0.4 is 0 Å². The van der Waals surface area contributed by atoms with Crippen molar-refractivity contribution in [1.82, 2.24) is 14.1 Å². The van der Waals surface area contributed by atoms with Crippen molar-refractivity contribution in [2.24, 2.45) is 0 Å². The molecule has 1 amide bonds. The summed E-state index contributed by atoms with van der Waals surface area (Å²) < 4.78 is 31.5. The average molecular weight is 500 g/mol. The van der Waals surface area contributed by atoms with Crippen molar-refractivity contribution in [2.45, 2.75) is 24.3 Å². The van der Waals surface area contributed by atoms with Crippen LogP contribution in [0.4, 0.5) is 0 Å². The lowest BCUT2D eigenvalue weighted by Crippen LogP contribution is -2.39. The second-order valence-corrected chi connectivity index (χ2v) is 11.3. The normalized spacial score (nSPS) is 19.7. The number of ether oxygens (including phenoxy) is 1. The van der Waals surface area contributed by atoms with Gasteiger partial charge in [-0.25, -0.2) is 12.7 Å². The Kier molecular flexibility index (Phi) is 7.61. The fraction of sp³-hybridized carbons (Fsp3) is 0.423. The molecule has 35 heavy (non-hydrogen) atoms. The van der Waals surface area contributed by atoms with E-state index in [-0.39, 0.29) is 10.7 Å². The molecule has 8 nitrogen and oxygen atoms in total. The number of amides is 1. The standard InChI is InChI=1S/C26H33N3O5S/c1-19-5-7-21(8-6-19)24-23(20-9-11-22(12-10-20)35(32,33)27(2)3)25(30)26(31)29(24)14-4-13-28-15-17-34-18-16-28/h5-12,24,30H,4,13-18H2,1-3H3/t24-/m0/s1. The first kappa shape index (κ1) is 25.4. The van der Waals surface area contributed by atoms with E-state index in [1.807, 2.05) is 31.2 Å². The average Bonchev–Trinajstić information content (AvgIpc) is 3.10.